The van der Waals surface area contributed by atoms with E-state index in [9.17, 15) is 0 Å². The molecule has 8 heteroatoms. The first kappa shape index (κ1) is 12.8. The summed E-state index contributed by atoms with van der Waals surface area (Å²) in [6, 6.07) is 0. The Kier molecular flexibility index (Phi) is 15.1. The van der Waals surface area contributed by atoms with Gasteiger partial charge < -0.3 is 0 Å². The van der Waals surface area contributed by atoms with Crippen LogP contribution in [0, 0.1) is 0 Å². The lowest BCUT2D eigenvalue weighted by Gasteiger charge is -1.93. The van der Waals surface area contributed by atoms with Gasteiger partial charge in [0.05, 0.1) is 0 Å². The summed E-state index contributed by atoms with van der Waals surface area (Å²) in [7, 11) is 12.2. The predicted octanol–water partition coefficient (Wildman–Crippen LogP) is 5.47. The largest absolute Gasteiger partial charge is 0.0988 e. The molecular formula is C2H6S8. The van der Waals surface area contributed by atoms with E-state index in [0.29, 0.717) is 0 Å². The molecule has 0 N–H and O–H groups in total. The van der Waals surface area contributed by atoms with Crippen molar-refractivity contribution in [2.75, 3.05) is 5.75 Å². The third kappa shape index (κ3) is 10.8. The minimum absolute atomic E-state index is 1.18. The number of rotatable bonds is 7. The van der Waals surface area contributed by atoms with Crippen LogP contribution in [-0.2, 0) is 0 Å². The molecule has 0 aliphatic carbocycles. The van der Waals surface area contributed by atoms with Crippen LogP contribution < -0.4 is 0 Å². The van der Waals surface area contributed by atoms with Gasteiger partial charge in [-0.1, -0.05) is 29.4 Å². The normalized spacial score (nSPS) is 10.2. The monoisotopic (exact) mass is 286 g/mol. The van der Waals surface area contributed by atoms with Gasteiger partial charge in [-0.15, -0.1) is 0 Å². The van der Waals surface area contributed by atoms with Crippen molar-refractivity contribution in [3.63, 3.8) is 0 Å². The summed E-state index contributed by atoms with van der Waals surface area (Å²) in [5.74, 6) is 1.18. The van der Waals surface area contributed by atoms with Crippen LogP contribution in [0.1, 0.15) is 6.92 Å². The third-order valence-corrected chi connectivity index (χ3v) is 13.8. The zero-order valence-corrected chi connectivity index (χ0v) is 11.6. The van der Waals surface area contributed by atoms with Crippen LogP contribution in [0.5, 0.6) is 0 Å². The molecule has 10 heavy (non-hydrogen) atoms. The van der Waals surface area contributed by atoms with Crippen molar-refractivity contribution in [3.05, 3.63) is 0 Å². The van der Waals surface area contributed by atoms with Crippen molar-refractivity contribution < 1.29 is 0 Å². The summed E-state index contributed by atoms with van der Waals surface area (Å²) in [5.41, 5.74) is 0. The molecule has 0 fully saturated rings. The molecule has 62 valence electrons. The lowest BCUT2D eigenvalue weighted by molar-refractivity contribution is 1.54. The molecule has 0 aliphatic heterocycles. The first-order chi connectivity index (χ1) is 4.91. The summed E-state index contributed by atoms with van der Waals surface area (Å²) in [5, 5.41) is 0. The summed E-state index contributed by atoms with van der Waals surface area (Å²) >= 11 is 3.99. The van der Waals surface area contributed by atoms with Gasteiger partial charge >= 0.3 is 0 Å². The van der Waals surface area contributed by atoms with Crippen LogP contribution in [0.4, 0.5) is 0 Å². The average molecular weight is 287 g/mol. The Hall–Kier alpha value is 2.80. The Bertz CT molecular complexity index is 47.2. The van der Waals surface area contributed by atoms with Gasteiger partial charge in [0.2, 0.25) is 0 Å². The lowest BCUT2D eigenvalue weighted by Crippen LogP contribution is -1.50. The van der Waals surface area contributed by atoms with Crippen molar-refractivity contribution >= 4 is 81.4 Å². The van der Waals surface area contributed by atoms with E-state index in [0.717, 1.165) is 0 Å². The van der Waals surface area contributed by atoms with Gasteiger partial charge in [0.1, 0.15) is 0 Å². The molecule has 0 bridgehead atoms. The maximum absolute atomic E-state index is 3.99. The van der Waals surface area contributed by atoms with Gasteiger partial charge in [0.25, 0.3) is 0 Å². The van der Waals surface area contributed by atoms with Crippen LogP contribution in [0.3, 0.4) is 0 Å². The van der Waals surface area contributed by atoms with Crippen molar-refractivity contribution in [2.24, 2.45) is 0 Å². The van der Waals surface area contributed by atoms with E-state index in [1.807, 2.05) is 30.4 Å². The van der Waals surface area contributed by atoms with Crippen molar-refractivity contribution in [3.8, 4) is 0 Å². The highest BCUT2D eigenvalue weighted by molar-refractivity contribution is 9.48. The highest BCUT2D eigenvalue weighted by atomic mass is 34.0. The van der Waals surface area contributed by atoms with E-state index in [-0.39, 0.29) is 0 Å². The molecule has 0 aromatic heterocycles. The molecule has 0 amide bonds. The smallest absolute Gasteiger partial charge is 0.00169 e. The van der Waals surface area contributed by atoms with E-state index >= 15 is 0 Å². The second-order valence-corrected chi connectivity index (χ2v) is 13.1. The van der Waals surface area contributed by atoms with E-state index in [4.69, 9.17) is 0 Å². The summed E-state index contributed by atoms with van der Waals surface area (Å²) < 4.78 is 0. The fourth-order valence-electron chi connectivity index (χ4n) is 0.114. The minimum atomic E-state index is 1.18. The Morgan fingerprint density at radius 2 is 1.60 bits per heavy atom. The average Bonchev–Trinajstić information content (AvgIpc) is 1.97. The molecule has 0 unspecified atom stereocenters. The number of hydrogen-bond acceptors (Lipinski definition) is 8. The maximum Gasteiger partial charge on any atom is 0.00169 e. The lowest BCUT2D eigenvalue weighted by atomic mass is 11.0. The van der Waals surface area contributed by atoms with Crippen LogP contribution in [-0.4, -0.2) is 5.75 Å². The highest BCUT2D eigenvalue weighted by Crippen LogP contribution is 2.55. The number of thiol groups is 1. The molecule has 0 rings (SSSR count). The summed E-state index contributed by atoms with van der Waals surface area (Å²) in [6.45, 7) is 2.16. The molecule has 0 heterocycles. The molecule has 0 spiro atoms. The molecule has 0 saturated carbocycles. The molecule has 0 nitrogen and oxygen atoms in total. The van der Waals surface area contributed by atoms with Gasteiger partial charge in [0.15, 0.2) is 0 Å². The zero-order chi connectivity index (χ0) is 7.66. The molecule has 0 saturated heterocycles. The SMILES string of the molecule is CCSSSSSSSS. The Morgan fingerprint density at radius 1 is 1.00 bits per heavy atom. The Balaban J connectivity index is 2.65. The third-order valence-electron chi connectivity index (χ3n) is 0.308. The van der Waals surface area contributed by atoms with E-state index in [1.165, 1.54) is 15.6 Å². The number of hydrogen-bond donors (Lipinski definition) is 1. The van der Waals surface area contributed by atoms with Crippen molar-refractivity contribution in [1.29, 1.82) is 0 Å². The predicted molar refractivity (Wildman–Crippen MR) is 72.7 cm³/mol. The van der Waals surface area contributed by atoms with E-state index in [1.54, 1.807) is 29.5 Å². The molecule has 0 atom stereocenters. The fraction of sp³-hybridized carbons (Fsp3) is 1.00. The second kappa shape index (κ2) is 11.8. The highest BCUT2D eigenvalue weighted by Gasteiger charge is 1.91. The van der Waals surface area contributed by atoms with Crippen LogP contribution in [0.25, 0.3) is 0 Å². The van der Waals surface area contributed by atoms with Crippen LogP contribution in [0.2, 0.25) is 0 Å². The van der Waals surface area contributed by atoms with Gasteiger partial charge in [0, 0.05) is 5.75 Å². The van der Waals surface area contributed by atoms with Crippen LogP contribution >= 0.6 is 81.4 Å². The minimum Gasteiger partial charge on any atom is -0.0988 e. The maximum atomic E-state index is 3.99. The van der Waals surface area contributed by atoms with E-state index < -0.39 is 0 Å². The second-order valence-electron chi connectivity index (χ2n) is 0.821. The Labute approximate surface area is 92.9 Å². The molecule has 0 aromatic rings. The molecule has 0 radical (unpaired) electrons. The van der Waals surface area contributed by atoms with Gasteiger partial charge in [-0.3, -0.25) is 0 Å². The Morgan fingerprint density at radius 3 is 2.20 bits per heavy atom. The first-order valence-electron chi connectivity index (χ1n) is 2.18. The molecule has 0 aromatic carbocycles. The standard InChI is InChI=1S/C2H6S8/c1-2-4-6-8-10-9-7-5-3/h3H,2H2,1H3. The topological polar surface area (TPSA) is 0 Å². The quantitative estimate of drug-likeness (QED) is 0.369. The summed E-state index contributed by atoms with van der Waals surface area (Å²) in [6.07, 6.45) is 0. The van der Waals surface area contributed by atoms with E-state index in [2.05, 4.69) is 18.6 Å². The molecular weight excluding hydrogens is 281 g/mol. The van der Waals surface area contributed by atoms with Gasteiger partial charge in [-0.25, -0.2) is 0 Å². The van der Waals surface area contributed by atoms with Gasteiger partial charge in [-0.2, -0.15) is 0 Å². The van der Waals surface area contributed by atoms with Crippen LogP contribution in [0.15, 0.2) is 0 Å². The van der Waals surface area contributed by atoms with Crippen molar-refractivity contribution in [1.82, 2.24) is 0 Å². The first-order valence-corrected chi connectivity index (χ1v) is 12.2. The van der Waals surface area contributed by atoms with Gasteiger partial charge in [-0.05, 0) is 59.0 Å². The van der Waals surface area contributed by atoms with Crippen molar-refractivity contribution in [2.45, 2.75) is 6.92 Å². The fourth-order valence-corrected chi connectivity index (χ4v) is 14.2. The molecule has 0 aliphatic rings. The summed E-state index contributed by atoms with van der Waals surface area (Å²) in [4.78, 5) is 0. The zero-order valence-electron chi connectivity index (χ0n) is 5.01.